The van der Waals surface area contributed by atoms with Crippen molar-refractivity contribution in [2.24, 2.45) is 0 Å². The number of carbonyl (C=O) groups excluding carboxylic acids is 3. The zero-order valence-electron chi connectivity index (χ0n) is 14.3. The summed E-state index contributed by atoms with van der Waals surface area (Å²) in [6.45, 7) is 2.93. The van der Waals surface area contributed by atoms with Crippen molar-refractivity contribution in [1.29, 1.82) is 0 Å². The highest BCUT2D eigenvalue weighted by Crippen LogP contribution is 2.30. The first-order valence-electron chi connectivity index (χ1n) is 7.98. The second-order valence-corrected chi connectivity index (χ2v) is 6.69. The van der Waals surface area contributed by atoms with E-state index in [1.54, 1.807) is 43.3 Å². The van der Waals surface area contributed by atoms with Crippen LogP contribution in [0.25, 0.3) is 0 Å². The van der Waals surface area contributed by atoms with E-state index < -0.39 is 17.5 Å². The summed E-state index contributed by atoms with van der Waals surface area (Å²) in [4.78, 5) is 36.2. The van der Waals surface area contributed by atoms with E-state index in [0.29, 0.717) is 22.0 Å². The minimum absolute atomic E-state index is 0.271. The largest absolute Gasteiger partial charge is 0.445 e. The Morgan fingerprint density at radius 3 is 2.62 bits per heavy atom. The number of ether oxygens (including phenoxy) is 1. The number of benzene rings is 2. The van der Waals surface area contributed by atoms with E-state index in [1.165, 1.54) is 6.92 Å². The molecule has 7 heteroatoms. The second-order valence-electron chi connectivity index (χ2n) is 6.28. The molecule has 0 fully saturated rings. The van der Waals surface area contributed by atoms with Crippen LogP contribution in [0.15, 0.2) is 42.5 Å². The Balaban J connectivity index is 1.82. The summed E-state index contributed by atoms with van der Waals surface area (Å²) in [6.07, 6.45) is 0.271. The van der Waals surface area contributed by atoms with Gasteiger partial charge in [0.25, 0.3) is 5.91 Å². The Morgan fingerprint density at radius 1 is 1.15 bits per heavy atom. The molecule has 2 aromatic rings. The number of carbonyl (C=O) groups is 3. The molecule has 3 rings (SSSR count). The highest BCUT2D eigenvalue weighted by atomic mass is 35.5. The molecule has 0 aliphatic carbocycles. The molecule has 2 N–H and O–H groups in total. The molecule has 0 aromatic heterocycles. The van der Waals surface area contributed by atoms with Crippen molar-refractivity contribution in [3.05, 3.63) is 58.6 Å². The predicted molar refractivity (Wildman–Crippen MR) is 98.4 cm³/mol. The van der Waals surface area contributed by atoms with Gasteiger partial charge in [0.05, 0.1) is 16.3 Å². The van der Waals surface area contributed by atoms with E-state index in [-0.39, 0.29) is 12.3 Å². The molecule has 1 heterocycles. The Kier molecular flexibility index (Phi) is 4.70. The molecule has 2 aromatic carbocycles. The van der Waals surface area contributed by atoms with Crippen LogP contribution in [0.3, 0.4) is 0 Å². The molecule has 0 radical (unpaired) electrons. The lowest BCUT2D eigenvalue weighted by Crippen LogP contribution is -2.48. The highest BCUT2D eigenvalue weighted by Gasteiger charge is 2.42. The van der Waals surface area contributed by atoms with Crippen molar-refractivity contribution in [3.8, 4) is 0 Å². The maximum atomic E-state index is 12.8. The van der Waals surface area contributed by atoms with Crippen molar-refractivity contribution < 1.29 is 19.1 Å². The fourth-order valence-electron chi connectivity index (χ4n) is 2.81. The van der Waals surface area contributed by atoms with Gasteiger partial charge in [-0.3, -0.25) is 9.59 Å². The summed E-state index contributed by atoms with van der Waals surface area (Å²) < 4.78 is 5.41. The fourth-order valence-corrected chi connectivity index (χ4v) is 2.98. The molecule has 1 atom stereocenters. The third-order valence-electron chi connectivity index (χ3n) is 4.10. The SMILES string of the molecule is CC(=O)Nc1cc(NC(=O)C2(C)Cc3ccccc3C(=O)O2)ccc1Cl. The first-order valence-corrected chi connectivity index (χ1v) is 8.36. The quantitative estimate of drug-likeness (QED) is 0.808. The molecule has 26 heavy (non-hydrogen) atoms. The maximum Gasteiger partial charge on any atom is 0.339 e. The van der Waals surface area contributed by atoms with Gasteiger partial charge in [-0.05, 0) is 36.8 Å². The number of fused-ring (bicyclic) bond motifs is 1. The summed E-state index contributed by atoms with van der Waals surface area (Å²) in [7, 11) is 0. The summed E-state index contributed by atoms with van der Waals surface area (Å²) >= 11 is 6.03. The number of nitrogens with one attached hydrogen (secondary N) is 2. The number of hydrogen-bond acceptors (Lipinski definition) is 4. The molecule has 0 bridgehead atoms. The Morgan fingerprint density at radius 2 is 1.88 bits per heavy atom. The number of esters is 1. The molecule has 0 spiro atoms. The predicted octanol–water partition coefficient (Wildman–Crippen LogP) is 3.41. The van der Waals surface area contributed by atoms with Crippen LogP contribution in [0.5, 0.6) is 0 Å². The molecule has 1 aliphatic rings. The van der Waals surface area contributed by atoms with Crippen LogP contribution in [0.2, 0.25) is 5.02 Å². The van der Waals surface area contributed by atoms with Crippen LogP contribution < -0.4 is 10.6 Å². The first-order chi connectivity index (χ1) is 12.3. The lowest BCUT2D eigenvalue weighted by atomic mass is 9.89. The molecule has 0 saturated heterocycles. The van der Waals surface area contributed by atoms with Gasteiger partial charge in [0, 0.05) is 19.0 Å². The van der Waals surface area contributed by atoms with E-state index in [9.17, 15) is 14.4 Å². The van der Waals surface area contributed by atoms with Crippen LogP contribution in [-0.2, 0) is 20.7 Å². The maximum absolute atomic E-state index is 12.8. The van der Waals surface area contributed by atoms with Crippen LogP contribution in [-0.4, -0.2) is 23.4 Å². The number of halogens is 1. The summed E-state index contributed by atoms with van der Waals surface area (Å²) in [5.41, 5.74) is 0.709. The zero-order chi connectivity index (χ0) is 18.9. The number of cyclic esters (lactones) is 1. The average molecular weight is 373 g/mol. The van der Waals surface area contributed by atoms with E-state index >= 15 is 0 Å². The summed E-state index contributed by atoms with van der Waals surface area (Å²) in [6, 6.07) is 11.8. The van der Waals surface area contributed by atoms with Crippen molar-refractivity contribution in [1.82, 2.24) is 0 Å². The van der Waals surface area contributed by atoms with Gasteiger partial charge in [-0.1, -0.05) is 29.8 Å². The van der Waals surface area contributed by atoms with E-state index in [2.05, 4.69) is 10.6 Å². The van der Waals surface area contributed by atoms with Crippen LogP contribution in [0.1, 0.15) is 29.8 Å². The van der Waals surface area contributed by atoms with Crippen LogP contribution in [0.4, 0.5) is 11.4 Å². The molecular formula is C19H17ClN2O4. The molecule has 6 nitrogen and oxygen atoms in total. The van der Waals surface area contributed by atoms with E-state index in [4.69, 9.17) is 16.3 Å². The molecular weight excluding hydrogens is 356 g/mol. The Hall–Kier alpha value is -2.86. The molecule has 1 aliphatic heterocycles. The van der Waals surface area contributed by atoms with Gasteiger partial charge in [-0.25, -0.2) is 4.79 Å². The molecule has 1 unspecified atom stereocenters. The summed E-state index contributed by atoms with van der Waals surface area (Å²) in [5.74, 6) is -1.27. The van der Waals surface area contributed by atoms with Gasteiger partial charge in [0.15, 0.2) is 5.60 Å². The van der Waals surface area contributed by atoms with Gasteiger partial charge in [-0.2, -0.15) is 0 Å². The molecule has 2 amide bonds. The number of hydrogen-bond donors (Lipinski definition) is 2. The monoisotopic (exact) mass is 372 g/mol. The fraction of sp³-hybridized carbons (Fsp3) is 0.211. The number of rotatable bonds is 3. The minimum Gasteiger partial charge on any atom is -0.445 e. The van der Waals surface area contributed by atoms with Gasteiger partial charge in [-0.15, -0.1) is 0 Å². The topological polar surface area (TPSA) is 84.5 Å². The van der Waals surface area contributed by atoms with Crippen molar-refractivity contribution in [3.63, 3.8) is 0 Å². The third-order valence-corrected chi connectivity index (χ3v) is 4.43. The normalized spacial score (nSPS) is 18.5. The van der Waals surface area contributed by atoms with Crippen molar-refractivity contribution in [2.45, 2.75) is 25.9 Å². The van der Waals surface area contributed by atoms with Gasteiger partial charge < -0.3 is 15.4 Å². The lowest BCUT2D eigenvalue weighted by Gasteiger charge is -2.33. The highest BCUT2D eigenvalue weighted by molar-refractivity contribution is 6.33. The van der Waals surface area contributed by atoms with Gasteiger partial charge in [0.2, 0.25) is 5.91 Å². The van der Waals surface area contributed by atoms with Gasteiger partial charge >= 0.3 is 5.97 Å². The Bertz CT molecular complexity index is 912. The third kappa shape index (κ3) is 3.55. The van der Waals surface area contributed by atoms with Crippen molar-refractivity contribution >= 4 is 40.8 Å². The van der Waals surface area contributed by atoms with Gasteiger partial charge in [0.1, 0.15) is 0 Å². The molecule has 0 saturated carbocycles. The zero-order valence-corrected chi connectivity index (χ0v) is 15.0. The van der Waals surface area contributed by atoms with E-state index in [1.807, 2.05) is 6.07 Å². The standard InChI is InChI=1S/C19H17ClN2O4/c1-11(23)21-16-9-13(7-8-15(16)20)22-18(25)19(2)10-12-5-3-4-6-14(12)17(24)26-19/h3-9H,10H2,1-2H3,(H,21,23)(H,22,25). The number of amides is 2. The van der Waals surface area contributed by atoms with Crippen molar-refractivity contribution in [2.75, 3.05) is 10.6 Å². The average Bonchev–Trinajstić information content (AvgIpc) is 2.57. The number of anilines is 2. The summed E-state index contributed by atoms with van der Waals surface area (Å²) in [5, 5.41) is 5.66. The second kappa shape index (κ2) is 6.80. The lowest BCUT2D eigenvalue weighted by molar-refractivity contribution is -0.134. The Labute approximate surface area is 155 Å². The van der Waals surface area contributed by atoms with E-state index in [0.717, 1.165) is 5.56 Å². The van der Waals surface area contributed by atoms with Crippen LogP contribution in [0, 0.1) is 0 Å². The first kappa shape index (κ1) is 17.9. The minimum atomic E-state index is -1.33. The van der Waals surface area contributed by atoms with Crippen LogP contribution >= 0.6 is 11.6 Å². The smallest absolute Gasteiger partial charge is 0.339 e. The molecule has 134 valence electrons.